The second kappa shape index (κ2) is 5.15. The van der Waals surface area contributed by atoms with Gasteiger partial charge in [-0.05, 0) is 37.4 Å². The van der Waals surface area contributed by atoms with Crippen LogP contribution < -0.4 is 5.32 Å². The van der Waals surface area contributed by atoms with Crippen molar-refractivity contribution in [2.24, 2.45) is 5.92 Å². The Labute approximate surface area is 129 Å². The first-order chi connectivity index (χ1) is 10.7. The van der Waals surface area contributed by atoms with Crippen molar-refractivity contribution < 1.29 is 4.79 Å². The van der Waals surface area contributed by atoms with Gasteiger partial charge < -0.3 is 14.6 Å². The number of nitrogens with one attached hydrogen (secondary N) is 1. The number of hydrogen-bond donors (Lipinski definition) is 1. The Balaban J connectivity index is 1.51. The fraction of sp³-hybridized carbons (Fsp3) is 0.412. The lowest BCUT2D eigenvalue weighted by Gasteiger charge is -2.30. The Kier molecular flexibility index (Phi) is 3.12. The van der Waals surface area contributed by atoms with Crippen LogP contribution in [0, 0.1) is 18.3 Å². The van der Waals surface area contributed by atoms with Gasteiger partial charge in [0.1, 0.15) is 12.0 Å². The number of rotatable bonds is 2. The number of hydrogen-bond acceptors (Lipinski definition) is 3. The van der Waals surface area contributed by atoms with Gasteiger partial charge >= 0.3 is 0 Å². The van der Waals surface area contributed by atoms with Crippen molar-refractivity contribution in [1.29, 1.82) is 0 Å². The lowest BCUT2D eigenvalue weighted by molar-refractivity contribution is 0.0904. The monoisotopic (exact) mass is 294 g/mol. The fourth-order valence-electron chi connectivity index (χ4n) is 3.64. The average molecular weight is 294 g/mol. The first kappa shape index (κ1) is 13.4. The Hall–Kier alpha value is -2.32. The largest absolute Gasteiger partial charge is 0.347 e. The third kappa shape index (κ3) is 2.36. The van der Waals surface area contributed by atoms with Crippen LogP contribution in [0.5, 0.6) is 0 Å². The van der Waals surface area contributed by atoms with E-state index in [1.165, 1.54) is 19.5 Å². The molecular formula is C17H18N4O. The molecule has 2 aliphatic rings. The second-order valence-electron chi connectivity index (χ2n) is 6.30. The number of terminal acetylenes is 1. The number of carbonyl (C=O) groups excluding carboxylic acids is 1. The highest BCUT2D eigenvalue weighted by Crippen LogP contribution is 2.26. The van der Waals surface area contributed by atoms with Crippen molar-refractivity contribution in [1.82, 2.24) is 19.6 Å². The topological polar surface area (TPSA) is 49.6 Å². The fourth-order valence-corrected chi connectivity index (χ4v) is 3.64. The maximum atomic E-state index is 12.4. The van der Waals surface area contributed by atoms with Crippen LogP contribution in [0.4, 0.5) is 0 Å². The summed E-state index contributed by atoms with van der Waals surface area (Å²) in [5.74, 6) is 3.23. The number of nitrogens with zero attached hydrogens (tertiary/aromatic N) is 3. The van der Waals surface area contributed by atoms with E-state index in [0.717, 1.165) is 30.0 Å². The van der Waals surface area contributed by atoms with Crippen LogP contribution in [0.3, 0.4) is 0 Å². The Morgan fingerprint density at radius 1 is 1.41 bits per heavy atom. The maximum absolute atomic E-state index is 12.4. The van der Waals surface area contributed by atoms with Crippen LogP contribution in [-0.4, -0.2) is 45.9 Å². The van der Waals surface area contributed by atoms with Gasteiger partial charge in [-0.2, -0.15) is 0 Å². The van der Waals surface area contributed by atoms with Gasteiger partial charge in [0, 0.05) is 30.9 Å². The lowest BCUT2D eigenvalue weighted by Crippen LogP contribution is -2.47. The summed E-state index contributed by atoms with van der Waals surface area (Å²) < 4.78 is 1.83. The number of fused-ring (bicyclic) bond motifs is 3. The molecule has 3 atom stereocenters. The molecule has 2 saturated heterocycles. The molecule has 2 fully saturated rings. The number of amides is 1. The van der Waals surface area contributed by atoms with Crippen LogP contribution in [0.15, 0.2) is 24.7 Å². The molecule has 0 aromatic carbocycles. The Morgan fingerprint density at radius 3 is 3.14 bits per heavy atom. The molecule has 22 heavy (non-hydrogen) atoms. The molecule has 112 valence electrons. The maximum Gasteiger partial charge on any atom is 0.270 e. The van der Waals surface area contributed by atoms with Crippen molar-refractivity contribution in [3.63, 3.8) is 0 Å². The minimum atomic E-state index is -0.0987. The van der Waals surface area contributed by atoms with Gasteiger partial charge in [0.2, 0.25) is 0 Å². The molecule has 5 heteroatoms. The highest BCUT2D eigenvalue weighted by Gasteiger charge is 2.33. The summed E-state index contributed by atoms with van der Waals surface area (Å²) in [4.78, 5) is 19.1. The van der Waals surface area contributed by atoms with Crippen LogP contribution in [-0.2, 0) is 0 Å². The van der Waals surface area contributed by atoms with Crippen molar-refractivity contribution in [2.45, 2.75) is 18.9 Å². The van der Waals surface area contributed by atoms with Gasteiger partial charge in [0.15, 0.2) is 0 Å². The summed E-state index contributed by atoms with van der Waals surface area (Å²) in [5, 5.41) is 3.13. The normalized spacial score (nSPS) is 26.8. The van der Waals surface area contributed by atoms with Gasteiger partial charge in [-0.3, -0.25) is 4.79 Å². The number of aromatic nitrogens is 2. The molecule has 0 aliphatic carbocycles. The van der Waals surface area contributed by atoms with Crippen molar-refractivity contribution >= 4 is 11.4 Å². The van der Waals surface area contributed by atoms with E-state index >= 15 is 0 Å². The second-order valence-corrected chi connectivity index (χ2v) is 6.30. The summed E-state index contributed by atoms with van der Waals surface area (Å²) in [6.07, 6.45) is 11.2. The van der Waals surface area contributed by atoms with Crippen molar-refractivity contribution in [3.05, 3.63) is 35.9 Å². The highest BCUT2D eigenvalue weighted by molar-refractivity contribution is 5.93. The Morgan fingerprint density at radius 2 is 2.32 bits per heavy atom. The minimum Gasteiger partial charge on any atom is -0.347 e. The van der Waals surface area contributed by atoms with E-state index in [4.69, 9.17) is 6.42 Å². The zero-order valence-electron chi connectivity index (χ0n) is 12.3. The quantitative estimate of drug-likeness (QED) is 0.845. The van der Waals surface area contributed by atoms with E-state index in [9.17, 15) is 4.79 Å². The van der Waals surface area contributed by atoms with Gasteiger partial charge in [-0.15, -0.1) is 6.42 Å². The van der Waals surface area contributed by atoms with Crippen LogP contribution in [0.25, 0.3) is 5.52 Å². The van der Waals surface area contributed by atoms with Gasteiger partial charge in [0.05, 0.1) is 5.52 Å². The predicted octanol–water partition coefficient (Wildman–Crippen LogP) is 1.14. The van der Waals surface area contributed by atoms with Crippen LogP contribution in [0.2, 0.25) is 0 Å². The molecule has 5 nitrogen and oxygen atoms in total. The Bertz CT molecular complexity index is 761. The zero-order valence-corrected chi connectivity index (χ0v) is 12.3. The summed E-state index contributed by atoms with van der Waals surface area (Å²) in [6.45, 7) is 3.31. The van der Waals surface area contributed by atoms with Gasteiger partial charge in [-0.1, -0.05) is 5.92 Å². The van der Waals surface area contributed by atoms with E-state index in [-0.39, 0.29) is 11.9 Å². The molecule has 2 bridgehead atoms. The smallest absolute Gasteiger partial charge is 0.270 e. The standard InChI is InChI=1S/C17H18N4O/c1-2-12-6-15-7-16(18-11-21(15)9-12)17(22)19-14-5-13-3-4-20(8-13)10-14/h1,6-7,9,11,13-14H,3-5,8,10H2,(H,19,22)/t13-,14+/m0/s1. The molecule has 4 rings (SSSR count). The van der Waals surface area contributed by atoms with Crippen LogP contribution in [0.1, 0.15) is 28.9 Å². The molecular weight excluding hydrogens is 276 g/mol. The highest BCUT2D eigenvalue weighted by atomic mass is 16.1. The number of carbonyl (C=O) groups is 1. The molecule has 4 heterocycles. The van der Waals surface area contributed by atoms with E-state index in [2.05, 4.69) is 21.1 Å². The van der Waals surface area contributed by atoms with Crippen molar-refractivity contribution in [3.8, 4) is 12.3 Å². The summed E-state index contributed by atoms with van der Waals surface area (Å²) in [7, 11) is 0. The molecule has 2 aromatic heterocycles. The molecule has 1 amide bonds. The lowest BCUT2D eigenvalue weighted by atomic mass is 9.97. The summed E-state index contributed by atoms with van der Waals surface area (Å²) in [5.41, 5.74) is 2.12. The SMILES string of the molecule is C#Cc1cc2cc(C(=O)N[C@@H]3C[C@@H]4CCN(C4)C3)ncn2c1. The third-order valence-corrected chi connectivity index (χ3v) is 4.69. The summed E-state index contributed by atoms with van der Waals surface area (Å²) >= 11 is 0. The molecule has 1 unspecified atom stereocenters. The molecule has 2 aromatic rings. The van der Waals surface area contributed by atoms with E-state index in [0.29, 0.717) is 5.69 Å². The van der Waals surface area contributed by atoms with E-state index in [1.807, 2.05) is 16.7 Å². The first-order valence-corrected chi connectivity index (χ1v) is 7.69. The molecule has 1 N–H and O–H groups in total. The van der Waals surface area contributed by atoms with E-state index < -0.39 is 0 Å². The van der Waals surface area contributed by atoms with E-state index in [1.54, 1.807) is 12.4 Å². The molecule has 0 radical (unpaired) electrons. The summed E-state index contributed by atoms with van der Waals surface area (Å²) in [6, 6.07) is 3.90. The molecule has 0 saturated carbocycles. The van der Waals surface area contributed by atoms with Gasteiger partial charge in [0.25, 0.3) is 5.91 Å². The molecule has 0 spiro atoms. The number of piperidine rings is 1. The molecule has 2 aliphatic heterocycles. The van der Waals surface area contributed by atoms with Crippen molar-refractivity contribution in [2.75, 3.05) is 19.6 Å². The van der Waals surface area contributed by atoms with Crippen LogP contribution >= 0.6 is 0 Å². The zero-order chi connectivity index (χ0) is 15.1. The third-order valence-electron chi connectivity index (χ3n) is 4.69. The van der Waals surface area contributed by atoms with Gasteiger partial charge in [-0.25, -0.2) is 4.98 Å². The predicted molar refractivity (Wildman–Crippen MR) is 83.5 cm³/mol. The average Bonchev–Trinajstić information content (AvgIpc) is 3.09. The first-order valence-electron chi connectivity index (χ1n) is 7.69. The minimum absolute atomic E-state index is 0.0987.